The third kappa shape index (κ3) is 8.28. The first kappa shape index (κ1) is 24.8. The van der Waals surface area contributed by atoms with Crippen LogP contribution in [0.25, 0.3) is 11.1 Å². The summed E-state index contributed by atoms with van der Waals surface area (Å²) in [5.41, 5.74) is 1.83. The van der Waals surface area contributed by atoms with Gasteiger partial charge in [-0.3, -0.25) is 9.59 Å². The Labute approximate surface area is 188 Å². The zero-order valence-corrected chi connectivity index (χ0v) is 18.9. The lowest BCUT2D eigenvalue weighted by molar-refractivity contribution is -0.116. The van der Waals surface area contributed by atoms with Crippen LogP contribution < -0.4 is 15.4 Å². The molecule has 0 spiro atoms. The van der Waals surface area contributed by atoms with Crippen molar-refractivity contribution in [2.75, 3.05) is 26.3 Å². The molecule has 2 aromatic rings. The summed E-state index contributed by atoms with van der Waals surface area (Å²) < 4.78 is 5.80. The Kier molecular flexibility index (Phi) is 9.91. The second kappa shape index (κ2) is 12.4. The van der Waals surface area contributed by atoms with E-state index in [4.69, 9.17) is 16.3 Å². The van der Waals surface area contributed by atoms with Crippen LogP contribution in [0.2, 0.25) is 5.02 Å². The maximum Gasteiger partial charge on any atom is 0.253 e. The Morgan fingerprint density at radius 2 is 1.94 bits per heavy atom. The van der Waals surface area contributed by atoms with E-state index in [1.54, 1.807) is 18.2 Å². The van der Waals surface area contributed by atoms with Crippen molar-refractivity contribution >= 4 is 23.3 Å². The summed E-state index contributed by atoms with van der Waals surface area (Å²) in [4.78, 5) is 28.1. The molecule has 0 aliphatic rings. The van der Waals surface area contributed by atoms with Crippen molar-refractivity contribution in [3.63, 3.8) is 0 Å². The molecule has 0 fully saturated rings. The summed E-state index contributed by atoms with van der Waals surface area (Å²) in [7, 11) is 0. The highest BCUT2D eigenvalue weighted by atomic mass is 35.5. The average molecular weight is 448 g/mol. The third-order valence-electron chi connectivity index (χ3n) is 4.47. The van der Waals surface area contributed by atoms with E-state index in [0.29, 0.717) is 47.5 Å². The van der Waals surface area contributed by atoms with E-state index >= 15 is 0 Å². The Balaban J connectivity index is 2.21. The molecule has 1 unspecified atom stereocenters. The van der Waals surface area contributed by atoms with Gasteiger partial charge >= 0.3 is 0 Å². The summed E-state index contributed by atoms with van der Waals surface area (Å²) >= 11 is 6.01. The molecule has 0 aliphatic carbocycles. The Morgan fingerprint density at radius 1 is 1.23 bits per heavy atom. The average Bonchev–Trinajstić information content (AvgIpc) is 2.73. The molecule has 0 saturated heterocycles. The number of ketones is 1. The minimum atomic E-state index is -0.324. The number of nitrogens with one attached hydrogen (secondary N) is 2. The number of hydrogen-bond donors (Lipinski definition) is 3. The van der Waals surface area contributed by atoms with Crippen LogP contribution in [-0.4, -0.2) is 54.1 Å². The fraction of sp³-hybridized carbons (Fsp3) is 0.435. The van der Waals surface area contributed by atoms with Crippen molar-refractivity contribution in [2.45, 2.75) is 33.2 Å². The van der Waals surface area contributed by atoms with Crippen molar-refractivity contribution in [1.29, 1.82) is 0 Å². The summed E-state index contributed by atoms with van der Waals surface area (Å²) in [6, 6.07) is 8.57. The number of hydrogen-bond acceptors (Lipinski definition) is 6. The Morgan fingerprint density at radius 3 is 2.55 bits per heavy atom. The van der Waals surface area contributed by atoms with Crippen molar-refractivity contribution in [3.05, 3.63) is 47.1 Å². The summed E-state index contributed by atoms with van der Waals surface area (Å²) in [5, 5.41) is 16.0. The fourth-order valence-electron chi connectivity index (χ4n) is 3.03. The topological polar surface area (TPSA) is 101 Å². The first-order valence-electron chi connectivity index (χ1n) is 10.3. The van der Waals surface area contributed by atoms with E-state index in [1.807, 2.05) is 26.0 Å². The van der Waals surface area contributed by atoms with E-state index in [0.717, 1.165) is 5.56 Å². The van der Waals surface area contributed by atoms with Crippen molar-refractivity contribution in [2.24, 2.45) is 5.92 Å². The molecule has 1 aromatic carbocycles. The predicted molar refractivity (Wildman–Crippen MR) is 122 cm³/mol. The lowest BCUT2D eigenvalue weighted by atomic mass is 10.0. The number of nitrogens with zero attached hydrogens (tertiary/aromatic N) is 1. The quantitative estimate of drug-likeness (QED) is 0.432. The molecule has 0 radical (unpaired) electrons. The van der Waals surface area contributed by atoms with Gasteiger partial charge in [0, 0.05) is 23.3 Å². The van der Waals surface area contributed by atoms with Crippen molar-refractivity contribution in [1.82, 2.24) is 15.6 Å². The first-order chi connectivity index (χ1) is 14.8. The molecule has 1 heterocycles. The van der Waals surface area contributed by atoms with Crippen LogP contribution in [0.4, 0.5) is 0 Å². The number of ether oxygens (including phenoxy) is 1. The molecule has 1 atom stereocenters. The number of carbonyl (C=O) groups excluding carboxylic acids is 2. The monoisotopic (exact) mass is 447 g/mol. The van der Waals surface area contributed by atoms with Gasteiger partial charge in [-0.1, -0.05) is 37.6 Å². The number of aliphatic hydroxyl groups is 1. The molecule has 0 bridgehead atoms. The van der Waals surface area contributed by atoms with Crippen LogP contribution in [0.1, 0.15) is 37.6 Å². The largest absolute Gasteiger partial charge is 0.476 e. The van der Waals surface area contributed by atoms with E-state index in [2.05, 4.69) is 15.6 Å². The standard InChI is InChI=1S/C23H30ClN3O4/c1-15(2)10-20(14-28)27-22(30)18-11-21(17-4-6-19(24)7-5-17)23(26-13-18)31-9-8-25-12-16(3)29/h4-7,11,13,15,20,25,28H,8-10,12,14H2,1-3H3,(H,27,30). The highest BCUT2D eigenvalue weighted by molar-refractivity contribution is 6.30. The predicted octanol–water partition coefficient (Wildman–Crippen LogP) is 3.10. The molecule has 1 aromatic heterocycles. The van der Waals surface area contributed by atoms with Crippen LogP contribution in [0.5, 0.6) is 5.88 Å². The zero-order valence-electron chi connectivity index (χ0n) is 18.2. The van der Waals surface area contributed by atoms with Crippen LogP contribution in [0, 0.1) is 5.92 Å². The number of rotatable bonds is 12. The van der Waals surface area contributed by atoms with Gasteiger partial charge in [0.2, 0.25) is 5.88 Å². The number of carbonyl (C=O) groups is 2. The van der Waals surface area contributed by atoms with Crippen LogP contribution in [-0.2, 0) is 4.79 Å². The molecule has 31 heavy (non-hydrogen) atoms. The smallest absolute Gasteiger partial charge is 0.253 e. The molecular formula is C23H30ClN3O4. The van der Waals surface area contributed by atoms with Gasteiger partial charge in [-0.25, -0.2) is 4.98 Å². The van der Waals surface area contributed by atoms with Crippen LogP contribution in [0.3, 0.4) is 0 Å². The summed E-state index contributed by atoms with van der Waals surface area (Å²) in [5.74, 6) is 0.461. The molecule has 1 amide bonds. The van der Waals surface area contributed by atoms with Gasteiger partial charge in [-0.15, -0.1) is 0 Å². The number of halogens is 1. The Bertz CT molecular complexity index is 872. The highest BCUT2D eigenvalue weighted by Gasteiger charge is 2.17. The lowest BCUT2D eigenvalue weighted by Gasteiger charge is -2.19. The minimum Gasteiger partial charge on any atom is -0.476 e. The van der Waals surface area contributed by atoms with Gasteiger partial charge in [-0.05, 0) is 43.0 Å². The summed E-state index contributed by atoms with van der Waals surface area (Å²) in [6.45, 7) is 6.53. The fourth-order valence-corrected chi connectivity index (χ4v) is 3.15. The van der Waals surface area contributed by atoms with Crippen molar-refractivity contribution in [3.8, 4) is 17.0 Å². The minimum absolute atomic E-state index is 0.0500. The molecule has 8 heteroatoms. The van der Waals surface area contributed by atoms with Gasteiger partial charge in [-0.2, -0.15) is 0 Å². The van der Waals surface area contributed by atoms with Gasteiger partial charge in [0.15, 0.2) is 0 Å². The van der Waals surface area contributed by atoms with Crippen molar-refractivity contribution < 1.29 is 19.4 Å². The molecular weight excluding hydrogens is 418 g/mol. The number of aromatic nitrogens is 1. The SMILES string of the molecule is CC(=O)CNCCOc1ncc(C(=O)NC(CO)CC(C)C)cc1-c1ccc(Cl)cc1. The first-order valence-corrected chi connectivity index (χ1v) is 10.7. The third-order valence-corrected chi connectivity index (χ3v) is 4.72. The van der Waals surface area contributed by atoms with E-state index in [1.165, 1.54) is 13.1 Å². The molecule has 0 saturated carbocycles. The number of benzene rings is 1. The van der Waals surface area contributed by atoms with Crippen LogP contribution in [0.15, 0.2) is 36.5 Å². The van der Waals surface area contributed by atoms with Gasteiger partial charge < -0.3 is 20.5 Å². The maximum atomic E-state index is 12.7. The molecule has 3 N–H and O–H groups in total. The molecule has 7 nitrogen and oxygen atoms in total. The van der Waals surface area contributed by atoms with Gasteiger partial charge in [0.25, 0.3) is 5.91 Å². The lowest BCUT2D eigenvalue weighted by Crippen LogP contribution is -2.38. The zero-order chi connectivity index (χ0) is 22.8. The molecule has 2 rings (SSSR count). The van der Waals surface area contributed by atoms with E-state index < -0.39 is 0 Å². The van der Waals surface area contributed by atoms with Crippen LogP contribution >= 0.6 is 11.6 Å². The normalized spacial score (nSPS) is 11.9. The number of aliphatic hydroxyl groups excluding tert-OH is 1. The maximum absolute atomic E-state index is 12.7. The van der Waals surface area contributed by atoms with Gasteiger partial charge in [0.1, 0.15) is 12.4 Å². The van der Waals surface area contributed by atoms with E-state index in [9.17, 15) is 14.7 Å². The second-order valence-corrected chi connectivity index (χ2v) is 8.23. The molecule has 0 aliphatic heterocycles. The van der Waals surface area contributed by atoms with E-state index in [-0.39, 0.29) is 30.9 Å². The number of pyridine rings is 1. The molecule has 168 valence electrons. The number of Topliss-reactive ketones (excluding diaryl/α,β-unsaturated/α-hetero) is 1. The number of amides is 1. The Hall–Kier alpha value is -2.48. The second-order valence-electron chi connectivity index (χ2n) is 7.79. The highest BCUT2D eigenvalue weighted by Crippen LogP contribution is 2.30. The summed E-state index contributed by atoms with van der Waals surface area (Å²) in [6.07, 6.45) is 2.13. The van der Waals surface area contributed by atoms with Gasteiger partial charge in [0.05, 0.1) is 24.8 Å².